The van der Waals surface area contributed by atoms with E-state index in [1.807, 2.05) is 0 Å². The summed E-state index contributed by atoms with van der Waals surface area (Å²) in [6, 6.07) is 4.90. The molecular formula is C14H18N2O5. The average Bonchev–Trinajstić information content (AvgIpc) is 2.42. The van der Waals surface area contributed by atoms with Gasteiger partial charge in [0.25, 0.3) is 5.91 Å². The predicted molar refractivity (Wildman–Crippen MR) is 76.1 cm³/mol. The van der Waals surface area contributed by atoms with Crippen LogP contribution in [0, 0.1) is 0 Å². The molecule has 0 aliphatic heterocycles. The summed E-state index contributed by atoms with van der Waals surface area (Å²) in [6.07, 6.45) is -1.25. The number of carboxylic acid groups (broad SMARTS) is 1. The van der Waals surface area contributed by atoms with Crippen molar-refractivity contribution in [2.24, 2.45) is 0 Å². The predicted octanol–water partition coefficient (Wildman–Crippen LogP) is 0.233. The van der Waals surface area contributed by atoms with E-state index in [0.29, 0.717) is 5.69 Å². The molecule has 1 rings (SSSR count). The molecule has 2 amide bonds. The molecule has 2 unspecified atom stereocenters. The molecule has 1 aromatic rings. The Labute approximate surface area is 122 Å². The molecule has 0 saturated heterocycles. The standard InChI is InChI=1S/C14H18N2O5/c1-8(17)12(14(20)21)15-13(19)10-6-4-5-7-11(10)16(3)9(2)18/h4-8,12,17H,1-3H3,(H,15,19)(H,20,21). The van der Waals surface area contributed by atoms with Gasteiger partial charge in [0.2, 0.25) is 5.91 Å². The van der Waals surface area contributed by atoms with E-state index in [2.05, 4.69) is 5.32 Å². The third kappa shape index (κ3) is 4.03. The van der Waals surface area contributed by atoms with Crippen LogP contribution in [0.2, 0.25) is 0 Å². The molecule has 0 fully saturated rings. The fourth-order valence-corrected chi connectivity index (χ4v) is 1.74. The molecule has 114 valence electrons. The van der Waals surface area contributed by atoms with Crippen LogP contribution in [0.25, 0.3) is 0 Å². The minimum atomic E-state index is -1.42. The molecule has 0 aliphatic rings. The molecule has 1 aromatic carbocycles. The fourth-order valence-electron chi connectivity index (χ4n) is 1.74. The van der Waals surface area contributed by atoms with Crippen molar-refractivity contribution in [2.45, 2.75) is 26.0 Å². The van der Waals surface area contributed by atoms with Crippen LogP contribution in [0.5, 0.6) is 0 Å². The van der Waals surface area contributed by atoms with E-state index in [-0.39, 0.29) is 11.5 Å². The maximum Gasteiger partial charge on any atom is 0.328 e. The molecule has 0 radical (unpaired) electrons. The molecule has 7 heteroatoms. The molecule has 0 saturated carbocycles. The maximum atomic E-state index is 12.2. The Kier molecular flexibility index (Phi) is 5.43. The second kappa shape index (κ2) is 6.85. The number of anilines is 1. The van der Waals surface area contributed by atoms with Crippen LogP contribution in [0.1, 0.15) is 24.2 Å². The number of carbonyl (C=O) groups excluding carboxylic acids is 2. The van der Waals surface area contributed by atoms with Crippen LogP contribution < -0.4 is 10.2 Å². The molecule has 0 bridgehead atoms. The van der Waals surface area contributed by atoms with Gasteiger partial charge in [-0.1, -0.05) is 12.1 Å². The van der Waals surface area contributed by atoms with Gasteiger partial charge in [-0.05, 0) is 19.1 Å². The third-order valence-electron chi connectivity index (χ3n) is 3.02. The molecule has 7 nitrogen and oxygen atoms in total. The molecule has 0 aromatic heterocycles. The second-order valence-corrected chi connectivity index (χ2v) is 4.63. The van der Waals surface area contributed by atoms with Gasteiger partial charge in [-0.3, -0.25) is 9.59 Å². The third-order valence-corrected chi connectivity index (χ3v) is 3.02. The van der Waals surface area contributed by atoms with E-state index in [1.165, 1.54) is 31.9 Å². The van der Waals surface area contributed by atoms with Crippen LogP contribution in [-0.2, 0) is 9.59 Å². The minimum Gasteiger partial charge on any atom is -0.480 e. The van der Waals surface area contributed by atoms with Crippen LogP contribution in [0.4, 0.5) is 5.69 Å². The highest BCUT2D eigenvalue weighted by Crippen LogP contribution is 2.19. The first-order valence-electron chi connectivity index (χ1n) is 6.30. The largest absolute Gasteiger partial charge is 0.480 e. The van der Waals surface area contributed by atoms with E-state index in [9.17, 15) is 19.5 Å². The Balaban J connectivity index is 3.08. The van der Waals surface area contributed by atoms with Crippen molar-refractivity contribution in [2.75, 3.05) is 11.9 Å². The number of amides is 2. The summed E-state index contributed by atoms with van der Waals surface area (Å²) < 4.78 is 0. The number of benzene rings is 1. The van der Waals surface area contributed by atoms with Gasteiger partial charge in [-0.15, -0.1) is 0 Å². The van der Waals surface area contributed by atoms with Crippen LogP contribution in [0.15, 0.2) is 24.3 Å². The number of carbonyl (C=O) groups is 3. The van der Waals surface area contributed by atoms with Gasteiger partial charge in [0.15, 0.2) is 6.04 Å². The van der Waals surface area contributed by atoms with Crippen molar-refractivity contribution >= 4 is 23.5 Å². The number of carboxylic acids is 1. The number of nitrogens with zero attached hydrogens (tertiary/aromatic N) is 1. The van der Waals surface area contributed by atoms with E-state index in [0.717, 1.165) is 0 Å². The number of hydrogen-bond donors (Lipinski definition) is 3. The molecule has 2 atom stereocenters. The fraction of sp³-hybridized carbons (Fsp3) is 0.357. The lowest BCUT2D eigenvalue weighted by molar-refractivity contribution is -0.141. The lowest BCUT2D eigenvalue weighted by Crippen LogP contribution is -2.47. The summed E-state index contributed by atoms with van der Waals surface area (Å²) in [5.74, 6) is -2.27. The number of aliphatic hydroxyl groups excluding tert-OH is 1. The van der Waals surface area contributed by atoms with Gasteiger partial charge in [-0.25, -0.2) is 4.79 Å². The van der Waals surface area contributed by atoms with Gasteiger partial charge in [-0.2, -0.15) is 0 Å². The summed E-state index contributed by atoms with van der Waals surface area (Å²) in [5, 5.41) is 20.6. The van der Waals surface area contributed by atoms with Gasteiger partial charge >= 0.3 is 5.97 Å². The lowest BCUT2D eigenvalue weighted by Gasteiger charge is -2.21. The van der Waals surface area contributed by atoms with Crippen molar-refractivity contribution in [1.82, 2.24) is 5.32 Å². The van der Waals surface area contributed by atoms with Gasteiger partial charge in [0.05, 0.1) is 17.4 Å². The maximum absolute atomic E-state index is 12.2. The van der Waals surface area contributed by atoms with Crippen molar-refractivity contribution in [3.8, 4) is 0 Å². The van der Waals surface area contributed by atoms with Crippen molar-refractivity contribution < 1.29 is 24.6 Å². The van der Waals surface area contributed by atoms with Gasteiger partial charge < -0.3 is 20.4 Å². The lowest BCUT2D eigenvalue weighted by atomic mass is 10.1. The zero-order valence-corrected chi connectivity index (χ0v) is 12.0. The van der Waals surface area contributed by atoms with E-state index in [4.69, 9.17) is 5.11 Å². The molecule has 21 heavy (non-hydrogen) atoms. The van der Waals surface area contributed by atoms with Crippen molar-refractivity contribution in [3.05, 3.63) is 29.8 Å². The summed E-state index contributed by atoms with van der Waals surface area (Å²) in [4.78, 5) is 35.9. The van der Waals surface area contributed by atoms with Crippen LogP contribution >= 0.6 is 0 Å². The van der Waals surface area contributed by atoms with E-state index < -0.39 is 24.0 Å². The summed E-state index contributed by atoms with van der Waals surface area (Å²) in [5.41, 5.74) is 0.513. The topological polar surface area (TPSA) is 107 Å². The van der Waals surface area contributed by atoms with Crippen molar-refractivity contribution in [3.63, 3.8) is 0 Å². The first kappa shape index (κ1) is 16.6. The van der Waals surface area contributed by atoms with Gasteiger partial charge in [0.1, 0.15) is 0 Å². The summed E-state index contributed by atoms with van der Waals surface area (Å²) in [6.45, 7) is 2.62. The summed E-state index contributed by atoms with van der Waals surface area (Å²) in [7, 11) is 1.51. The quantitative estimate of drug-likeness (QED) is 0.721. The highest BCUT2D eigenvalue weighted by molar-refractivity contribution is 6.05. The second-order valence-electron chi connectivity index (χ2n) is 4.63. The number of aliphatic hydroxyl groups is 1. The minimum absolute atomic E-state index is 0.155. The van der Waals surface area contributed by atoms with Crippen LogP contribution in [0.3, 0.4) is 0 Å². The smallest absolute Gasteiger partial charge is 0.328 e. The number of rotatable bonds is 5. The summed E-state index contributed by atoms with van der Waals surface area (Å²) >= 11 is 0. The first-order chi connectivity index (χ1) is 9.75. The molecule has 3 N–H and O–H groups in total. The average molecular weight is 294 g/mol. The molecule has 0 heterocycles. The Hall–Kier alpha value is -2.41. The SMILES string of the molecule is CC(=O)N(C)c1ccccc1C(=O)NC(C(=O)O)C(C)O. The zero-order valence-electron chi connectivity index (χ0n) is 12.0. The molecule has 0 aliphatic carbocycles. The van der Waals surface area contributed by atoms with Crippen molar-refractivity contribution in [1.29, 1.82) is 0 Å². The Morgan fingerprint density at radius 1 is 1.24 bits per heavy atom. The Morgan fingerprint density at radius 2 is 1.81 bits per heavy atom. The number of nitrogens with one attached hydrogen (secondary N) is 1. The highest BCUT2D eigenvalue weighted by atomic mass is 16.4. The Bertz CT molecular complexity index is 556. The van der Waals surface area contributed by atoms with E-state index in [1.54, 1.807) is 18.2 Å². The van der Waals surface area contributed by atoms with Crippen LogP contribution in [-0.4, -0.2) is 47.2 Å². The Morgan fingerprint density at radius 3 is 2.29 bits per heavy atom. The monoisotopic (exact) mass is 294 g/mol. The first-order valence-corrected chi connectivity index (χ1v) is 6.30. The normalized spacial score (nSPS) is 13.1. The molecule has 0 spiro atoms. The molecular weight excluding hydrogens is 276 g/mol. The van der Waals surface area contributed by atoms with Gasteiger partial charge in [0, 0.05) is 14.0 Å². The highest BCUT2D eigenvalue weighted by Gasteiger charge is 2.26. The number of aliphatic carboxylic acids is 1. The number of para-hydroxylation sites is 1. The van der Waals surface area contributed by atoms with E-state index >= 15 is 0 Å². The number of hydrogen-bond acceptors (Lipinski definition) is 4. The zero-order chi connectivity index (χ0) is 16.2.